The molecule has 0 heterocycles. The van der Waals surface area contributed by atoms with Gasteiger partial charge in [0.15, 0.2) is 0 Å². The van der Waals surface area contributed by atoms with Crippen molar-refractivity contribution in [1.29, 1.82) is 0 Å². The third-order valence-corrected chi connectivity index (χ3v) is 2.96. The second kappa shape index (κ2) is 7.92. The molecule has 0 aliphatic carbocycles. The molecule has 106 valence electrons. The molecule has 1 aromatic carbocycles. The predicted octanol–water partition coefficient (Wildman–Crippen LogP) is 1.83. The summed E-state index contributed by atoms with van der Waals surface area (Å²) in [5, 5.41) is 12.4. The van der Waals surface area contributed by atoms with Gasteiger partial charge in [-0.25, -0.2) is 0 Å². The molecule has 0 aromatic heterocycles. The topological polar surface area (TPSA) is 58.6 Å². The van der Waals surface area contributed by atoms with Crippen LogP contribution in [0.3, 0.4) is 0 Å². The summed E-state index contributed by atoms with van der Waals surface area (Å²) in [5.41, 5.74) is 0.142. The minimum Gasteiger partial charge on any atom is -0.394 e. The number of benzene rings is 1. The number of aliphatic hydroxyl groups is 1. The first kappa shape index (κ1) is 15.7. The summed E-state index contributed by atoms with van der Waals surface area (Å²) in [6, 6.07) is 9.47. The fourth-order valence-corrected chi connectivity index (χ4v) is 1.79. The van der Waals surface area contributed by atoms with Crippen LogP contribution in [0.25, 0.3) is 0 Å². The molecule has 4 nitrogen and oxygen atoms in total. The number of aliphatic hydroxyl groups excluding tert-OH is 1. The van der Waals surface area contributed by atoms with Crippen LogP contribution in [0.1, 0.15) is 32.3 Å². The standard InChI is InChI=1S/C15H23NO3/c1-3-10-19-11-9-14(18)16-15(2,12-17)13-7-5-4-6-8-13/h4-8,17H,3,9-12H2,1-2H3,(H,16,18). The zero-order valence-corrected chi connectivity index (χ0v) is 11.7. The Kier molecular flexibility index (Phi) is 6.53. The Morgan fingerprint density at radius 2 is 2.00 bits per heavy atom. The molecular weight excluding hydrogens is 242 g/mol. The van der Waals surface area contributed by atoms with Gasteiger partial charge in [-0.3, -0.25) is 4.79 Å². The van der Waals surface area contributed by atoms with Crippen LogP contribution in [0.15, 0.2) is 30.3 Å². The highest BCUT2D eigenvalue weighted by Crippen LogP contribution is 2.19. The molecule has 0 aliphatic heterocycles. The summed E-state index contributed by atoms with van der Waals surface area (Å²) >= 11 is 0. The van der Waals surface area contributed by atoms with Gasteiger partial charge in [-0.1, -0.05) is 37.3 Å². The Balaban J connectivity index is 2.54. The average molecular weight is 265 g/mol. The van der Waals surface area contributed by atoms with E-state index in [1.165, 1.54) is 0 Å². The maximum atomic E-state index is 11.9. The molecule has 0 saturated carbocycles. The number of hydrogen-bond donors (Lipinski definition) is 2. The Labute approximate surface area is 114 Å². The van der Waals surface area contributed by atoms with Gasteiger partial charge in [0.25, 0.3) is 0 Å². The van der Waals surface area contributed by atoms with Crippen LogP contribution >= 0.6 is 0 Å². The Bertz CT molecular complexity index is 380. The van der Waals surface area contributed by atoms with Crippen LogP contribution in [0.5, 0.6) is 0 Å². The lowest BCUT2D eigenvalue weighted by Gasteiger charge is -2.29. The quantitative estimate of drug-likeness (QED) is 0.705. The largest absolute Gasteiger partial charge is 0.394 e. The van der Waals surface area contributed by atoms with Gasteiger partial charge in [0, 0.05) is 13.0 Å². The van der Waals surface area contributed by atoms with Gasteiger partial charge in [0.2, 0.25) is 5.91 Å². The van der Waals surface area contributed by atoms with E-state index in [2.05, 4.69) is 5.32 Å². The van der Waals surface area contributed by atoms with Crippen LogP contribution in [-0.4, -0.2) is 30.8 Å². The van der Waals surface area contributed by atoms with Gasteiger partial charge >= 0.3 is 0 Å². The van der Waals surface area contributed by atoms with Gasteiger partial charge in [0.05, 0.1) is 18.8 Å². The maximum Gasteiger partial charge on any atom is 0.223 e. The summed E-state index contributed by atoms with van der Waals surface area (Å²) in [5.74, 6) is -0.114. The van der Waals surface area contributed by atoms with Crippen LogP contribution in [0.4, 0.5) is 0 Å². The highest BCUT2D eigenvalue weighted by atomic mass is 16.5. The number of carbonyl (C=O) groups is 1. The first-order chi connectivity index (χ1) is 9.12. The molecule has 1 aromatic rings. The number of carbonyl (C=O) groups excluding carboxylic acids is 1. The number of ether oxygens (including phenoxy) is 1. The second-order valence-corrected chi connectivity index (χ2v) is 4.77. The van der Waals surface area contributed by atoms with Crippen molar-refractivity contribution in [3.8, 4) is 0 Å². The highest BCUT2D eigenvalue weighted by molar-refractivity contribution is 5.77. The van der Waals surface area contributed by atoms with Crippen molar-refractivity contribution < 1.29 is 14.6 Å². The molecule has 1 rings (SSSR count). The smallest absolute Gasteiger partial charge is 0.223 e. The first-order valence-corrected chi connectivity index (χ1v) is 6.67. The Hall–Kier alpha value is -1.39. The maximum absolute atomic E-state index is 11.9. The van der Waals surface area contributed by atoms with Crippen molar-refractivity contribution in [3.05, 3.63) is 35.9 Å². The molecule has 0 radical (unpaired) electrons. The summed E-state index contributed by atoms with van der Waals surface area (Å²) in [6.45, 7) is 4.78. The van der Waals surface area contributed by atoms with Gasteiger partial charge in [0.1, 0.15) is 0 Å². The number of hydrogen-bond acceptors (Lipinski definition) is 3. The molecule has 4 heteroatoms. The molecule has 19 heavy (non-hydrogen) atoms. The molecule has 1 unspecified atom stereocenters. The van der Waals surface area contributed by atoms with Gasteiger partial charge in [-0.15, -0.1) is 0 Å². The molecule has 0 spiro atoms. The van der Waals surface area contributed by atoms with E-state index in [4.69, 9.17) is 4.74 Å². The predicted molar refractivity (Wildman–Crippen MR) is 74.7 cm³/mol. The summed E-state index contributed by atoms with van der Waals surface area (Å²) < 4.78 is 5.28. The van der Waals surface area contributed by atoms with Crippen molar-refractivity contribution in [3.63, 3.8) is 0 Å². The zero-order valence-electron chi connectivity index (χ0n) is 11.7. The third-order valence-electron chi connectivity index (χ3n) is 2.96. The molecule has 2 N–H and O–H groups in total. The lowest BCUT2D eigenvalue weighted by Crippen LogP contribution is -2.46. The first-order valence-electron chi connectivity index (χ1n) is 6.67. The van der Waals surface area contributed by atoms with E-state index in [1.807, 2.05) is 44.2 Å². The summed E-state index contributed by atoms with van der Waals surface area (Å²) in [7, 11) is 0. The van der Waals surface area contributed by atoms with Crippen LogP contribution in [0, 0.1) is 0 Å². The van der Waals surface area contributed by atoms with E-state index in [9.17, 15) is 9.90 Å². The molecule has 1 atom stereocenters. The average Bonchev–Trinajstić information content (AvgIpc) is 2.44. The second-order valence-electron chi connectivity index (χ2n) is 4.77. The van der Waals surface area contributed by atoms with Crippen molar-refractivity contribution in [2.75, 3.05) is 19.8 Å². The van der Waals surface area contributed by atoms with Crippen molar-refractivity contribution in [2.45, 2.75) is 32.2 Å². The van der Waals surface area contributed by atoms with E-state index in [-0.39, 0.29) is 12.5 Å². The van der Waals surface area contributed by atoms with Crippen LogP contribution < -0.4 is 5.32 Å². The Morgan fingerprint density at radius 1 is 1.32 bits per heavy atom. The van der Waals surface area contributed by atoms with E-state index in [0.29, 0.717) is 19.6 Å². The van der Waals surface area contributed by atoms with Crippen molar-refractivity contribution in [2.24, 2.45) is 0 Å². The van der Waals surface area contributed by atoms with Gasteiger partial charge < -0.3 is 15.2 Å². The fourth-order valence-electron chi connectivity index (χ4n) is 1.79. The minimum absolute atomic E-state index is 0.114. The van der Waals surface area contributed by atoms with E-state index >= 15 is 0 Å². The highest BCUT2D eigenvalue weighted by Gasteiger charge is 2.27. The molecule has 0 aliphatic rings. The van der Waals surface area contributed by atoms with Crippen molar-refractivity contribution in [1.82, 2.24) is 5.32 Å². The molecule has 0 fully saturated rings. The normalized spacial score (nSPS) is 13.8. The number of rotatable bonds is 8. The van der Waals surface area contributed by atoms with E-state index in [1.54, 1.807) is 0 Å². The van der Waals surface area contributed by atoms with Gasteiger partial charge in [-0.05, 0) is 18.9 Å². The third kappa shape index (κ3) is 5.01. The van der Waals surface area contributed by atoms with Crippen LogP contribution in [-0.2, 0) is 15.1 Å². The molecular formula is C15H23NO3. The summed E-state index contributed by atoms with van der Waals surface area (Å²) in [4.78, 5) is 11.9. The Morgan fingerprint density at radius 3 is 2.58 bits per heavy atom. The minimum atomic E-state index is -0.747. The molecule has 0 bridgehead atoms. The van der Waals surface area contributed by atoms with E-state index < -0.39 is 5.54 Å². The summed E-state index contributed by atoms with van der Waals surface area (Å²) in [6.07, 6.45) is 1.25. The molecule has 0 saturated heterocycles. The van der Waals surface area contributed by atoms with E-state index in [0.717, 1.165) is 12.0 Å². The lowest BCUT2D eigenvalue weighted by atomic mass is 9.93. The zero-order chi connectivity index (χ0) is 14.1. The van der Waals surface area contributed by atoms with Crippen molar-refractivity contribution >= 4 is 5.91 Å². The van der Waals surface area contributed by atoms with Gasteiger partial charge in [-0.2, -0.15) is 0 Å². The number of amides is 1. The SMILES string of the molecule is CCCOCCC(=O)NC(C)(CO)c1ccccc1. The fraction of sp³-hybridized carbons (Fsp3) is 0.533. The number of nitrogens with one attached hydrogen (secondary N) is 1. The lowest BCUT2D eigenvalue weighted by molar-refractivity contribution is -0.124. The van der Waals surface area contributed by atoms with Crippen LogP contribution in [0.2, 0.25) is 0 Å². The molecule has 1 amide bonds. The monoisotopic (exact) mass is 265 g/mol.